The van der Waals surface area contributed by atoms with Gasteiger partial charge in [-0.15, -0.1) is 0 Å². The third-order valence-electron chi connectivity index (χ3n) is 3.43. The van der Waals surface area contributed by atoms with Gasteiger partial charge in [-0.1, -0.05) is 23.7 Å². The van der Waals surface area contributed by atoms with Crippen LogP contribution in [-0.2, 0) is 11.2 Å². The number of ether oxygens (including phenoxy) is 1. The summed E-state index contributed by atoms with van der Waals surface area (Å²) >= 11 is 5.84. The van der Waals surface area contributed by atoms with Gasteiger partial charge in [0.25, 0.3) is 0 Å². The molecule has 0 fully saturated rings. The van der Waals surface area contributed by atoms with Crippen LogP contribution in [0.1, 0.15) is 12.5 Å². The number of nitrogens with zero attached hydrogens (tertiary/aromatic N) is 1. The highest BCUT2D eigenvalue weighted by atomic mass is 35.5. The number of benzene rings is 2. The average molecular weight is 378 g/mol. The number of carbonyl (C=O) groups is 2. The van der Waals surface area contributed by atoms with Gasteiger partial charge < -0.3 is 15.8 Å². The lowest BCUT2D eigenvalue weighted by Crippen LogP contribution is -2.45. The highest BCUT2D eigenvalue weighted by molar-refractivity contribution is 6.30. The van der Waals surface area contributed by atoms with Gasteiger partial charge >= 0.3 is 6.03 Å². The molecule has 3 amide bonds. The molecule has 0 saturated heterocycles. The maximum atomic E-state index is 12.1. The van der Waals surface area contributed by atoms with Crippen LogP contribution in [0.5, 0.6) is 11.5 Å². The number of hydrogen-bond donors (Lipinski definition) is 3. The topological polar surface area (TPSA) is 105 Å². The van der Waals surface area contributed by atoms with E-state index in [1.54, 1.807) is 55.5 Å². The van der Waals surface area contributed by atoms with Crippen molar-refractivity contribution in [2.75, 3.05) is 6.54 Å². The van der Waals surface area contributed by atoms with Gasteiger partial charge in [0.05, 0.1) is 13.0 Å². The van der Waals surface area contributed by atoms with Gasteiger partial charge in [-0.25, -0.2) is 9.86 Å². The first kappa shape index (κ1) is 19.6. The summed E-state index contributed by atoms with van der Waals surface area (Å²) in [6.07, 6.45) is -0.0163. The van der Waals surface area contributed by atoms with E-state index >= 15 is 0 Å². The predicted octanol–water partition coefficient (Wildman–Crippen LogP) is 2.95. The van der Waals surface area contributed by atoms with Gasteiger partial charge in [0.1, 0.15) is 11.5 Å². The molecule has 0 radical (unpaired) electrons. The van der Waals surface area contributed by atoms with Crippen molar-refractivity contribution in [3.8, 4) is 11.5 Å². The van der Waals surface area contributed by atoms with E-state index in [-0.39, 0.29) is 13.0 Å². The van der Waals surface area contributed by atoms with Gasteiger partial charge in [0.2, 0.25) is 5.91 Å². The lowest BCUT2D eigenvalue weighted by molar-refractivity contribution is -0.165. The minimum absolute atomic E-state index is 0.0163. The summed E-state index contributed by atoms with van der Waals surface area (Å²) in [6, 6.07) is 12.7. The summed E-state index contributed by atoms with van der Waals surface area (Å²) < 4.78 is 5.72. The molecule has 0 aliphatic carbocycles. The maximum Gasteiger partial charge on any atom is 0.312 e. The van der Waals surface area contributed by atoms with Crippen molar-refractivity contribution in [3.63, 3.8) is 0 Å². The molecule has 2 aromatic rings. The first-order valence-corrected chi connectivity index (χ1v) is 8.29. The van der Waals surface area contributed by atoms with Crippen LogP contribution >= 0.6 is 11.6 Å². The van der Waals surface area contributed by atoms with Crippen LogP contribution in [0.3, 0.4) is 0 Å². The number of amides is 3. The van der Waals surface area contributed by atoms with E-state index in [1.165, 1.54) is 0 Å². The van der Waals surface area contributed by atoms with E-state index in [0.29, 0.717) is 27.1 Å². The van der Waals surface area contributed by atoms with Crippen LogP contribution in [0.4, 0.5) is 4.79 Å². The second-order valence-corrected chi connectivity index (χ2v) is 6.20. The van der Waals surface area contributed by atoms with E-state index in [1.807, 2.05) is 0 Å². The number of rotatable bonds is 7. The first-order valence-electron chi connectivity index (χ1n) is 7.91. The van der Waals surface area contributed by atoms with E-state index in [0.717, 1.165) is 0 Å². The van der Waals surface area contributed by atoms with Crippen molar-refractivity contribution >= 4 is 23.5 Å². The quantitative estimate of drug-likeness (QED) is 0.509. The van der Waals surface area contributed by atoms with Crippen molar-refractivity contribution in [2.24, 2.45) is 5.73 Å². The summed E-state index contributed by atoms with van der Waals surface area (Å²) in [5.41, 5.74) is 5.68. The SMILES string of the molecule is CC(CN(O)C(=O)Cc1cccc(Oc2ccc(Cl)cc2)c1)NC(N)=O. The molecule has 1 unspecified atom stereocenters. The summed E-state index contributed by atoms with van der Waals surface area (Å²) in [6.45, 7) is 1.56. The molecule has 26 heavy (non-hydrogen) atoms. The van der Waals surface area contributed by atoms with Crippen molar-refractivity contribution in [1.82, 2.24) is 10.4 Å². The molecule has 4 N–H and O–H groups in total. The molecular formula is C18H20ClN3O4. The molecule has 0 bridgehead atoms. The molecule has 0 aliphatic heterocycles. The molecule has 0 spiro atoms. The lowest BCUT2D eigenvalue weighted by atomic mass is 10.1. The van der Waals surface area contributed by atoms with Crippen molar-refractivity contribution in [3.05, 3.63) is 59.1 Å². The number of halogens is 1. The Labute approximate surface area is 156 Å². The fraction of sp³-hybridized carbons (Fsp3) is 0.222. The number of urea groups is 1. The monoisotopic (exact) mass is 377 g/mol. The third kappa shape index (κ3) is 6.27. The van der Waals surface area contributed by atoms with Crippen LogP contribution in [-0.4, -0.2) is 34.8 Å². The average Bonchev–Trinajstić information content (AvgIpc) is 2.56. The van der Waals surface area contributed by atoms with Gasteiger partial charge in [-0.3, -0.25) is 10.0 Å². The normalized spacial score (nSPS) is 11.5. The largest absolute Gasteiger partial charge is 0.457 e. The zero-order valence-corrected chi connectivity index (χ0v) is 14.9. The molecule has 2 rings (SSSR count). The van der Waals surface area contributed by atoms with Crippen molar-refractivity contribution in [2.45, 2.75) is 19.4 Å². The Morgan fingerprint density at radius 2 is 1.92 bits per heavy atom. The third-order valence-corrected chi connectivity index (χ3v) is 3.68. The summed E-state index contributed by atoms with van der Waals surface area (Å²) in [5.74, 6) is 0.672. The highest BCUT2D eigenvalue weighted by Crippen LogP contribution is 2.24. The minimum Gasteiger partial charge on any atom is -0.457 e. The summed E-state index contributed by atoms with van der Waals surface area (Å²) in [7, 11) is 0. The molecule has 0 aliphatic rings. The van der Waals surface area contributed by atoms with Gasteiger partial charge in [-0.2, -0.15) is 0 Å². The second-order valence-electron chi connectivity index (χ2n) is 5.77. The fourth-order valence-corrected chi connectivity index (χ4v) is 2.40. The molecule has 0 heterocycles. The molecule has 7 nitrogen and oxygen atoms in total. The van der Waals surface area contributed by atoms with Gasteiger partial charge in [-0.05, 0) is 48.9 Å². The van der Waals surface area contributed by atoms with Crippen molar-refractivity contribution < 1.29 is 19.5 Å². The molecule has 2 aromatic carbocycles. The molecule has 1 atom stereocenters. The van der Waals surface area contributed by atoms with Crippen LogP contribution in [0.15, 0.2) is 48.5 Å². The molecular weight excluding hydrogens is 358 g/mol. The van der Waals surface area contributed by atoms with Crippen LogP contribution in [0.2, 0.25) is 5.02 Å². The van der Waals surface area contributed by atoms with Gasteiger partial charge in [0.15, 0.2) is 0 Å². The zero-order chi connectivity index (χ0) is 19.1. The fourth-order valence-electron chi connectivity index (χ4n) is 2.27. The van der Waals surface area contributed by atoms with E-state index < -0.39 is 18.0 Å². The number of nitrogens with one attached hydrogen (secondary N) is 1. The number of hydrogen-bond acceptors (Lipinski definition) is 4. The Balaban J connectivity index is 1.95. The Kier molecular flexibility index (Phi) is 6.82. The zero-order valence-electron chi connectivity index (χ0n) is 14.2. The van der Waals surface area contributed by atoms with Crippen LogP contribution in [0, 0.1) is 0 Å². The Bertz CT molecular complexity index is 767. The Morgan fingerprint density at radius 3 is 2.58 bits per heavy atom. The van der Waals surface area contributed by atoms with Crippen LogP contribution in [0.25, 0.3) is 0 Å². The number of nitrogens with two attached hydrogens (primary N) is 1. The summed E-state index contributed by atoms with van der Waals surface area (Å²) in [4.78, 5) is 22.9. The standard InChI is InChI=1S/C18H20ClN3O4/c1-12(21-18(20)24)11-22(25)17(23)10-13-3-2-4-16(9-13)26-15-7-5-14(19)6-8-15/h2-9,12,25H,10-11H2,1H3,(H3,20,21,24). The maximum absolute atomic E-state index is 12.1. The molecule has 0 saturated carbocycles. The molecule has 138 valence electrons. The second kappa shape index (κ2) is 9.07. The highest BCUT2D eigenvalue weighted by Gasteiger charge is 2.16. The summed E-state index contributed by atoms with van der Waals surface area (Å²) in [5, 5.41) is 13.4. The molecule has 0 aromatic heterocycles. The predicted molar refractivity (Wildman–Crippen MR) is 97.4 cm³/mol. The van der Waals surface area contributed by atoms with E-state index in [4.69, 9.17) is 22.1 Å². The van der Waals surface area contributed by atoms with Crippen molar-refractivity contribution in [1.29, 1.82) is 0 Å². The first-order chi connectivity index (χ1) is 12.3. The smallest absolute Gasteiger partial charge is 0.312 e. The van der Waals surface area contributed by atoms with E-state index in [9.17, 15) is 14.8 Å². The Hall–Kier alpha value is -2.77. The lowest BCUT2D eigenvalue weighted by Gasteiger charge is -2.20. The Morgan fingerprint density at radius 1 is 1.23 bits per heavy atom. The molecule has 8 heteroatoms. The minimum atomic E-state index is -0.717. The van der Waals surface area contributed by atoms with Gasteiger partial charge in [0, 0.05) is 11.1 Å². The number of hydroxylamine groups is 2. The number of carbonyl (C=O) groups excluding carboxylic acids is 2. The van der Waals surface area contributed by atoms with Crippen LogP contribution < -0.4 is 15.8 Å². The van der Waals surface area contributed by atoms with E-state index in [2.05, 4.69) is 5.32 Å². The number of primary amides is 1.